The average molecular weight is 401 g/mol. The van der Waals surface area contributed by atoms with Crippen molar-refractivity contribution in [1.82, 2.24) is 19.9 Å². The van der Waals surface area contributed by atoms with Gasteiger partial charge in [0.15, 0.2) is 0 Å². The van der Waals surface area contributed by atoms with Crippen molar-refractivity contribution < 1.29 is 13.7 Å². The Kier molecular flexibility index (Phi) is 5.59. The highest BCUT2D eigenvalue weighted by molar-refractivity contribution is 7.13. The molecule has 1 amide bonds. The van der Waals surface area contributed by atoms with Gasteiger partial charge in [-0.2, -0.15) is 0 Å². The Bertz CT molecular complexity index is 931. The Morgan fingerprint density at radius 1 is 1.25 bits per heavy atom. The topological polar surface area (TPSA) is 75.6 Å². The summed E-state index contributed by atoms with van der Waals surface area (Å²) in [5.41, 5.74) is 1.77. The van der Waals surface area contributed by atoms with Crippen LogP contribution in [0.4, 0.5) is 0 Å². The van der Waals surface area contributed by atoms with Crippen LogP contribution in [0.5, 0.6) is 0 Å². The van der Waals surface area contributed by atoms with Gasteiger partial charge in [-0.05, 0) is 31.7 Å². The molecular weight excluding hydrogens is 376 g/mol. The maximum absolute atomic E-state index is 12.6. The second kappa shape index (κ2) is 8.28. The average Bonchev–Trinajstić information content (AvgIpc) is 3.36. The first-order valence-corrected chi connectivity index (χ1v) is 10.4. The van der Waals surface area contributed by atoms with Crippen LogP contribution in [0.15, 0.2) is 32.5 Å². The molecule has 0 atom stereocenters. The van der Waals surface area contributed by atoms with Gasteiger partial charge in [-0.25, -0.2) is 4.98 Å². The maximum Gasteiger partial charge on any atom is 0.236 e. The van der Waals surface area contributed by atoms with E-state index in [0.29, 0.717) is 18.2 Å². The molecule has 1 aliphatic rings. The summed E-state index contributed by atoms with van der Waals surface area (Å²) in [5.74, 6) is 2.27. The van der Waals surface area contributed by atoms with Crippen molar-refractivity contribution in [2.75, 3.05) is 26.2 Å². The van der Waals surface area contributed by atoms with E-state index in [1.165, 1.54) is 0 Å². The number of thiophene rings is 1. The van der Waals surface area contributed by atoms with Crippen LogP contribution >= 0.6 is 11.3 Å². The molecule has 0 N–H and O–H groups in total. The SMILES string of the molecule is Cc1cc(CC(=O)N2CCCN(Cc3nc(-c4cccs4)oc3C)CC2)on1. The zero-order valence-corrected chi connectivity index (χ0v) is 17.0. The Morgan fingerprint density at radius 2 is 2.14 bits per heavy atom. The molecule has 4 heterocycles. The summed E-state index contributed by atoms with van der Waals surface area (Å²) in [6, 6.07) is 5.84. The van der Waals surface area contributed by atoms with Crippen LogP contribution in [0.1, 0.15) is 29.3 Å². The van der Waals surface area contributed by atoms with Gasteiger partial charge in [0.25, 0.3) is 0 Å². The summed E-state index contributed by atoms with van der Waals surface area (Å²) >= 11 is 1.63. The predicted molar refractivity (Wildman–Crippen MR) is 106 cm³/mol. The van der Waals surface area contributed by atoms with Gasteiger partial charge in [0.05, 0.1) is 22.7 Å². The van der Waals surface area contributed by atoms with Gasteiger partial charge >= 0.3 is 0 Å². The van der Waals surface area contributed by atoms with Gasteiger partial charge in [0.1, 0.15) is 11.5 Å². The first kappa shape index (κ1) is 18.9. The molecule has 28 heavy (non-hydrogen) atoms. The van der Waals surface area contributed by atoms with Crippen LogP contribution < -0.4 is 0 Å². The number of aryl methyl sites for hydroxylation is 2. The number of hydrogen-bond donors (Lipinski definition) is 0. The predicted octanol–water partition coefficient (Wildman–Crippen LogP) is 3.28. The molecular formula is C20H24N4O3S. The number of aromatic nitrogens is 2. The lowest BCUT2D eigenvalue weighted by molar-refractivity contribution is -0.130. The number of carbonyl (C=O) groups is 1. The molecule has 0 aliphatic carbocycles. The van der Waals surface area contributed by atoms with Gasteiger partial charge in [-0.15, -0.1) is 11.3 Å². The highest BCUT2D eigenvalue weighted by Crippen LogP contribution is 2.26. The molecule has 0 aromatic carbocycles. The lowest BCUT2D eigenvalue weighted by Gasteiger charge is -2.21. The first-order valence-electron chi connectivity index (χ1n) is 9.51. The zero-order valence-electron chi connectivity index (χ0n) is 16.2. The summed E-state index contributed by atoms with van der Waals surface area (Å²) in [4.78, 5) is 22.6. The number of amides is 1. The highest BCUT2D eigenvalue weighted by Gasteiger charge is 2.22. The standard InChI is InChI=1S/C20H24N4O3S/c1-14-11-16(27-22-14)12-19(25)24-7-4-6-23(8-9-24)13-17-15(2)26-20(21-17)18-5-3-10-28-18/h3,5,10-11H,4,6-9,12-13H2,1-2H3. The third-order valence-electron chi connectivity index (χ3n) is 4.94. The van der Waals surface area contributed by atoms with E-state index in [-0.39, 0.29) is 12.3 Å². The molecule has 0 bridgehead atoms. The minimum Gasteiger partial charge on any atom is -0.440 e. The van der Waals surface area contributed by atoms with Crippen LogP contribution in [-0.4, -0.2) is 52.0 Å². The third-order valence-corrected chi connectivity index (χ3v) is 5.80. The van der Waals surface area contributed by atoms with Crippen molar-refractivity contribution in [1.29, 1.82) is 0 Å². The maximum atomic E-state index is 12.6. The summed E-state index contributed by atoms with van der Waals surface area (Å²) in [5, 5.41) is 5.87. The lowest BCUT2D eigenvalue weighted by atomic mass is 10.2. The number of hydrogen-bond acceptors (Lipinski definition) is 7. The molecule has 1 fully saturated rings. The van der Waals surface area contributed by atoms with Crippen LogP contribution in [0.2, 0.25) is 0 Å². The molecule has 0 spiro atoms. The van der Waals surface area contributed by atoms with E-state index in [0.717, 1.165) is 54.6 Å². The lowest BCUT2D eigenvalue weighted by Crippen LogP contribution is -2.36. The number of carbonyl (C=O) groups excluding carboxylic acids is 1. The third kappa shape index (κ3) is 4.34. The second-order valence-electron chi connectivity index (χ2n) is 7.12. The largest absolute Gasteiger partial charge is 0.440 e. The number of oxazole rings is 1. The van der Waals surface area contributed by atoms with Crippen LogP contribution in [0.3, 0.4) is 0 Å². The normalized spacial score (nSPS) is 15.7. The highest BCUT2D eigenvalue weighted by atomic mass is 32.1. The van der Waals surface area contributed by atoms with E-state index in [9.17, 15) is 4.79 Å². The van der Waals surface area contributed by atoms with Crippen LogP contribution in [0.25, 0.3) is 10.8 Å². The molecule has 4 rings (SSSR count). The molecule has 3 aromatic rings. The molecule has 3 aromatic heterocycles. The van der Waals surface area contributed by atoms with Crippen molar-refractivity contribution in [3.8, 4) is 10.8 Å². The fraction of sp³-hybridized carbons (Fsp3) is 0.450. The summed E-state index contributed by atoms with van der Waals surface area (Å²) in [6.45, 7) is 7.79. The van der Waals surface area contributed by atoms with Crippen molar-refractivity contribution in [3.63, 3.8) is 0 Å². The van der Waals surface area contributed by atoms with Crippen molar-refractivity contribution in [2.24, 2.45) is 0 Å². The monoisotopic (exact) mass is 400 g/mol. The minimum absolute atomic E-state index is 0.0931. The Morgan fingerprint density at radius 3 is 2.89 bits per heavy atom. The Labute approximate surface area is 167 Å². The molecule has 148 valence electrons. The molecule has 1 saturated heterocycles. The Hall–Kier alpha value is -2.45. The minimum atomic E-state index is 0.0931. The number of rotatable bonds is 5. The summed E-state index contributed by atoms with van der Waals surface area (Å²) in [7, 11) is 0. The van der Waals surface area contributed by atoms with E-state index in [4.69, 9.17) is 13.9 Å². The smallest absolute Gasteiger partial charge is 0.236 e. The Balaban J connectivity index is 1.35. The van der Waals surface area contributed by atoms with E-state index >= 15 is 0 Å². The van der Waals surface area contributed by atoms with E-state index in [2.05, 4.69) is 10.1 Å². The van der Waals surface area contributed by atoms with Crippen LogP contribution in [-0.2, 0) is 17.8 Å². The van der Waals surface area contributed by atoms with Crippen molar-refractivity contribution in [3.05, 3.63) is 46.5 Å². The summed E-state index contributed by atoms with van der Waals surface area (Å²) < 4.78 is 11.0. The van der Waals surface area contributed by atoms with Crippen molar-refractivity contribution in [2.45, 2.75) is 33.2 Å². The van der Waals surface area contributed by atoms with Gasteiger partial charge in [-0.3, -0.25) is 9.69 Å². The summed E-state index contributed by atoms with van der Waals surface area (Å²) in [6.07, 6.45) is 1.21. The molecule has 8 heteroatoms. The van der Waals surface area contributed by atoms with Gasteiger partial charge in [0.2, 0.25) is 11.8 Å². The van der Waals surface area contributed by atoms with Gasteiger partial charge in [0, 0.05) is 38.8 Å². The molecule has 7 nitrogen and oxygen atoms in total. The van der Waals surface area contributed by atoms with E-state index in [1.54, 1.807) is 11.3 Å². The molecule has 0 radical (unpaired) electrons. The van der Waals surface area contributed by atoms with E-state index in [1.807, 2.05) is 42.3 Å². The van der Waals surface area contributed by atoms with Crippen LogP contribution in [0, 0.1) is 13.8 Å². The molecule has 0 unspecified atom stereocenters. The first-order chi connectivity index (χ1) is 13.6. The van der Waals surface area contributed by atoms with Gasteiger partial charge in [-0.1, -0.05) is 11.2 Å². The van der Waals surface area contributed by atoms with Crippen molar-refractivity contribution >= 4 is 17.2 Å². The molecule has 0 saturated carbocycles. The number of nitrogens with zero attached hydrogens (tertiary/aromatic N) is 4. The molecule has 1 aliphatic heterocycles. The fourth-order valence-corrected chi connectivity index (χ4v) is 4.08. The van der Waals surface area contributed by atoms with E-state index < -0.39 is 0 Å². The second-order valence-corrected chi connectivity index (χ2v) is 8.07. The quantitative estimate of drug-likeness (QED) is 0.654. The fourth-order valence-electron chi connectivity index (χ4n) is 3.43. The zero-order chi connectivity index (χ0) is 19.5. The van der Waals surface area contributed by atoms with Gasteiger partial charge < -0.3 is 13.8 Å².